The summed E-state index contributed by atoms with van der Waals surface area (Å²) in [7, 11) is 0.172. The van der Waals surface area contributed by atoms with Gasteiger partial charge in [0, 0.05) is 5.41 Å². The zero-order chi connectivity index (χ0) is 18.7. The van der Waals surface area contributed by atoms with Crippen molar-refractivity contribution in [2.24, 2.45) is 17.3 Å². The zero-order valence-electron chi connectivity index (χ0n) is 17.1. The minimum absolute atomic E-state index is 0.111. The van der Waals surface area contributed by atoms with E-state index >= 15 is 0 Å². The maximum atomic E-state index is 6.52. The number of benzene rings is 1. The van der Waals surface area contributed by atoms with Crippen molar-refractivity contribution in [1.29, 1.82) is 0 Å². The first-order valence-corrected chi connectivity index (χ1v) is 13.4. The van der Waals surface area contributed by atoms with Crippen LogP contribution in [0.3, 0.4) is 0 Å². The predicted molar refractivity (Wildman–Crippen MR) is 110 cm³/mol. The Morgan fingerprint density at radius 3 is 2.62 bits per heavy atom. The molecule has 0 amide bonds. The third-order valence-corrected chi connectivity index (χ3v) is 7.50. The van der Waals surface area contributed by atoms with E-state index in [4.69, 9.17) is 9.16 Å². The molecule has 0 heterocycles. The van der Waals surface area contributed by atoms with Gasteiger partial charge in [-0.1, -0.05) is 24.6 Å². The van der Waals surface area contributed by atoms with Gasteiger partial charge < -0.3 is 9.16 Å². The van der Waals surface area contributed by atoms with Crippen molar-refractivity contribution >= 4 is 8.32 Å². The van der Waals surface area contributed by atoms with Gasteiger partial charge >= 0.3 is 0 Å². The van der Waals surface area contributed by atoms with Gasteiger partial charge in [-0.3, -0.25) is 0 Å². The lowest BCUT2D eigenvalue weighted by Crippen LogP contribution is -2.41. The highest BCUT2D eigenvalue weighted by Crippen LogP contribution is 2.60. The van der Waals surface area contributed by atoms with Crippen LogP contribution in [0.1, 0.15) is 43.7 Å². The maximum Gasteiger partial charge on any atom is 0.241 e. The van der Waals surface area contributed by atoms with E-state index in [1.807, 2.05) is 0 Å². The molecule has 4 atom stereocenters. The largest absolute Gasteiger partial charge is 0.547 e. The van der Waals surface area contributed by atoms with Gasteiger partial charge in [-0.05, 0) is 92.9 Å². The number of rotatable bonds is 3. The van der Waals surface area contributed by atoms with Crippen LogP contribution in [0.4, 0.5) is 0 Å². The van der Waals surface area contributed by atoms with Crippen molar-refractivity contribution in [2.75, 3.05) is 7.11 Å². The molecule has 0 bridgehead atoms. The molecule has 4 rings (SSSR count). The quantitative estimate of drug-likeness (QED) is 0.603. The number of methoxy groups -OCH3 is 1. The third kappa shape index (κ3) is 2.75. The van der Waals surface area contributed by atoms with Crippen LogP contribution in [0.5, 0.6) is 5.75 Å². The summed E-state index contributed by atoms with van der Waals surface area (Å²) in [5.74, 6) is 4.15. The Hall–Kier alpha value is -1.48. The van der Waals surface area contributed by atoms with Crippen molar-refractivity contribution < 1.29 is 9.16 Å². The van der Waals surface area contributed by atoms with Gasteiger partial charge in [-0.15, -0.1) is 0 Å². The molecule has 1 fully saturated rings. The SMILES string of the molecule is COc1ccc2c(c1)C[C@@H](C)[C@H]1C3=CC=C(O[Si](C)(C)C)[C@@]3(C)CC[C@H]21. The van der Waals surface area contributed by atoms with Crippen LogP contribution in [0, 0.1) is 17.3 Å². The Balaban J connectivity index is 1.68. The molecule has 0 spiro atoms. The Bertz CT molecular complexity index is 786. The van der Waals surface area contributed by atoms with E-state index in [0.29, 0.717) is 17.8 Å². The van der Waals surface area contributed by atoms with Crippen molar-refractivity contribution in [3.63, 3.8) is 0 Å². The molecule has 1 saturated carbocycles. The molecule has 0 N–H and O–H groups in total. The van der Waals surface area contributed by atoms with Gasteiger partial charge in [-0.2, -0.15) is 0 Å². The molecule has 0 aromatic heterocycles. The topological polar surface area (TPSA) is 18.5 Å². The first kappa shape index (κ1) is 17.9. The highest BCUT2D eigenvalue weighted by atomic mass is 28.4. The average molecular weight is 369 g/mol. The predicted octanol–water partition coefficient (Wildman–Crippen LogP) is 6.06. The van der Waals surface area contributed by atoms with Crippen molar-refractivity contribution in [3.05, 3.63) is 52.8 Å². The number of fused-ring (bicyclic) bond motifs is 5. The van der Waals surface area contributed by atoms with Gasteiger partial charge in [0.05, 0.1) is 12.9 Å². The van der Waals surface area contributed by atoms with Crippen LogP contribution in [-0.4, -0.2) is 15.4 Å². The second-order valence-corrected chi connectivity index (χ2v) is 14.0. The summed E-state index contributed by atoms with van der Waals surface area (Å²) in [5.41, 5.74) is 4.78. The van der Waals surface area contributed by atoms with Crippen molar-refractivity contribution in [3.8, 4) is 5.75 Å². The molecule has 140 valence electrons. The van der Waals surface area contributed by atoms with Crippen LogP contribution in [0.15, 0.2) is 41.7 Å². The number of ether oxygens (including phenoxy) is 1. The highest BCUT2D eigenvalue weighted by Gasteiger charge is 2.51. The molecule has 0 unspecified atom stereocenters. The molecule has 0 radical (unpaired) electrons. The van der Waals surface area contributed by atoms with E-state index < -0.39 is 8.32 Å². The summed E-state index contributed by atoms with van der Waals surface area (Å²) >= 11 is 0. The fourth-order valence-corrected chi connectivity index (χ4v) is 6.47. The smallest absolute Gasteiger partial charge is 0.241 e. The monoisotopic (exact) mass is 368 g/mol. The summed E-state index contributed by atoms with van der Waals surface area (Å²) in [6.07, 6.45) is 8.26. The Morgan fingerprint density at radius 2 is 1.92 bits per heavy atom. The summed E-state index contributed by atoms with van der Waals surface area (Å²) in [4.78, 5) is 0. The summed E-state index contributed by atoms with van der Waals surface area (Å²) < 4.78 is 12.0. The van der Waals surface area contributed by atoms with Gasteiger partial charge in [0.15, 0.2) is 0 Å². The van der Waals surface area contributed by atoms with E-state index in [2.05, 4.69) is 63.8 Å². The number of allylic oxidation sites excluding steroid dienone is 3. The van der Waals surface area contributed by atoms with Crippen molar-refractivity contribution in [2.45, 2.75) is 58.7 Å². The summed E-state index contributed by atoms with van der Waals surface area (Å²) in [6.45, 7) is 11.7. The van der Waals surface area contributed by atoms with E-state index in [0.717, 1.165) is 12.2 Å². The normalized spacial score (nSPS) is 32.8. The fraction of sp³-hybridized carbons (Fsp3) is 0.565. The minimum atomic E-state index is -1.59. The molecule has 1 aromatic rings. The molecule has 2 nitrogen and oxygen atoms in total. The Kier molecular flexibility index (Phi) is 4.14. The van der Waals surface area contributed by atoms with Gasteiger partial charge in [-0.25, -0.2) is 0 Å². The van der Waals surface area contributed by atoms with Crippen molar-refractivity contribution in [1.82, 2.24) is 0 Å². The molecular formula is C23H32O2Si. The van der Waals surface area contributed by atoms with Gasteiger partial charge in [0.1, 0.15) is 5.75 Å². The molecule has 1 aromatic carbocycles. The zero-order valence-corrected chi connectivity index (χ0v) is 18.1. The Morgan fingerprint density at radius 1 is 1.15 bits per heavy atom. The molecule has 3 heteroatoms. The van der Waals surface area contributed by atoms with Crippen LogP contribution in [0.2, 0.25) is 19.6 Å². The molecule has 26 heavy (non-hydrogen) atoms. The standard InChI is InChI=1S/C23H32O2Si/c1-15-13-16-14-17(24-3)7-8-18(16)19-11-12-23(2)20(22(15)19)9-10-21(23)25-26(4,5)6/h7-10,14-15,19,22H,11-13H2,1-6H3/t15-,19-,22-,23+/m1/s1. The van der Waals surface area contributed by atoms with E-state index in [1.165, 1.54) is 24.2 Å². The third-order valence-electron chi connectivity index (χ3n) is 6.66. The molecule has 3 aliphatic rings. The van der Waals surface area contributed by atoms with E-state index in [-0.39, 0.29) is 5.41 Å². The summed E-state index contributed by atoms with van der Waals surface area (Å²) in [6, 6.07) is 6.72. The van der Waals surface area contributed by atoms with E-state index in [9.17, 15) is 0 Å². The molecule has 0 aliphatic heterocycles. The van der Waals surface area contributed by atoms with Gasteiger partial charge in [0.2, 0.25) is 8.32 Å². The van der Waals surface area contributed by atoms with Gasteiger partial charge in [0.25, 0.3) is 0 Å². The highest BCUT2D eigenvalue weighted by molar-refractivity contribution is 6.70. The van der Waals surface area contributed by atoms with Crippen LogP contribution >= 0.6 is 0 Å². The van der Waals surface area contributed by atoms with Crippen LogP contribution in [0.25, 0.3) is 0 Å². The lowest BCUT2D eigenvalue weighted by molar-refractivity contribution is 0.168. The Labute approximate surface area is 159 Å². The number of hydrogen-bond acceptors (Lipinski definition) is 2. The second-order valence-electron chi connectivity index (χ2n) is 9.62. The van der Waals surface area contributed by atoms with Crippen LogP contribution < -0.4 is 4.74 Å². The summed E-state index contributed by atoms with van der Waals surface area (Å²) in [5, 5.41) is 0. The lowest BCUT2D eigenvalue weighted by atomic mass is 9.55. The first-order valence-electron chi connectivity index (χ1n) is 10.0. The number of hydrogen-bond donors (Lipinski definition) is 0. The average Bonchev–Trinajstić information content (AvgIpc) is 2.89. The first-order chi connectivity index (χ1) is 12.2. The second kappa shape index (κ2) is 6.02. The molecule has 0 saturated heterocycles. The molecular weight excluding hydrogens is 336 g/mol. The fourth-order valence-electron chi connectivity index (χ4n) is 5.51. The minimum Gasteiger partial charge on any atom is -0.547 e. The van der Waals surface area contributed by atoms with E-state index in [1.54, 1.807) is 18.2 Å². The maximum absolute atomic E-state index is 6.52. The molecule has 3 aliphatic carbocycles. The van der Waals surface area contributed by atoms with Crippen LogP contribution in [-0.2, 0) is 10.8 Å². The lowest BCUT2D eigenvalue weighted by Gasteiger charge is -2.50.